The summed E-state index contributed by atoms with van der Waals surface area (Å²) in [7, 11) is 2.05. The summed E-state index contributed by atoms with van der Waals surface area (Å²) < 4.78 is 2.03. The molecule has 1 N–H and O–H groups in total. The van der Waals surface area contributed by atoms with Gasteiger partial charge in [-0.15, -0.1) is 11.3 Å². The van der Waals surface area contributed by atoms with Crippen LogP contribution in [-0.2, 0) is 13.5 Å². The van der Waals surface area contributed by atoms with Gasteiger partial charge < -0.3 is 5.32 Å². The van der Waals surface area contributed by atoms with E-state index in [2.05, 4.69) is 34.9 Å². The Labute approximate surface area is 112 Å². The van der Waals surface area contributed by atoms with Crippen molar-refractivity contribution in [2.75, 3.05) is 0 Å². The first-order chi connectivity index (χ1) is 8.75. The number of aromatic nitrogens is 2. The van der Waals surface area contributed by atoms with Crippen molar-refractivity contribution in [3.63, 3.8) is 0 Å². The molecule has 0 spiro atoms. The third-order valence-electron chi connectivity index (χ3n) is 3.80. The average Bonchev–Trinajstić information content (AvgIpc) is 3.00. The van der Waals surface area contributed by atoms with Gasteiger partial charge in [0, 0.05) is 35.3 Å². The Morgan fingerprint density at radius 2 is 2.44 bits per heavy atom. The zero-order valence-corrected chi connectivity index (χ0v) is 11.7. The van der Waals surface area contributed by atoms with Gasteiger partial charge in [-0.05, 0) is 37.6 Å². The quantitative estimate of drug-likeness (QED) is 0.919. The Balaban J connectivity index is 1.78. The summed E-state index contributed by atoms with van der Waals surface area (Å²) in [4.78, 5) is 1.41. The lowest BCUT2D eigenvalue weighted by Gasteiger charge is -2.26. The Kier molecular flexibility index (Phi) is 3.22. The molecule has 1 unspecified atom stereocenters. The molecular weight excluding hydrogens is 242 g/mol. The van der Waals surface area contributed by atoms with Crippen LogP contribution in [0.3, 0.4) is 0 Å². The van der Waals surface area contributed by atoms with E-state index in [1.165, 1.54) is 29.0 Å². The summed E-state index contributed by atoms with van der Waals surface area (Å²) in [5.74, 6) is 0. The summed E-state index contributed by atoms with van der Waals surface area (Å²) in [6.45, 7) is 2.25. The van der Waals surface area contributed by atoms with Crippen molar-refractivity contribution in [3.05, 3.63) is 39.8 Å². The van der Waals surface area contributed by atoms with Gasteiger partial charge in [-0.1, -0.05) is 6.07 Å². The van der Waals surface area contributed by atoms with Crippen LogP contribution < -0.4 is 5.32 Å². The minimum Gasteiger partial charge on any atom is -0.302 e. The van der Waals surface area contributed by atoms with E-state index in [0.717, 1.165) is 6.42 Å². The molecule has 2 heterocycles. The highest BCUT2D eigenvalue weighted by atomic mass is 32.1. The molecule has 18 heavy (non-hydrogen) atoms. The first-order valence-corrected chi connectivity index (χ1v) is 7.44. The first-order valence-electron chi connectivity index (χ1n) is 6.56. The lowest BCUT2D eigenvalue weighted by molar-refractivity contribution is 0.414. The van der Waals surface area contributed by atoms with Crippen molar-refractivity contribution < 1.29 is 0 Å². The SMILES string of the molecule is C[C@@H](NC1CCCc2c1cnn2C)c1cccs1. The molecule has 0 saturated carbocycles. The van der Waals surface area contributed by atoms with E-state index in [9.17, 15) is 0 Å². The largest absolute Gasteiger partial charge is 0.302 e. The monoisotopic (exact) mass is 261 g/mol. The molecule has 3 rings (SSSR count). The normalized spacial score (nSPS) is 20.7. The van der Waals surface area contributed by atoms with Crippen molar-refractivity contribution in [3.8, 4) is 0 Å². The lowest BCUT2D eigenvalue weighted by Crippen LogP contribution is -2.27. The third kappa shape index (κ3) is 2.10. The van der Waals surface area contributed by atoms with Gasteiger partial charge >= 0.3 is 0 Å². The van der Waals surface area contributed by atoms with Crippen LogP contribution in [0.4, 0.5) is 0 Å². The van der Waals surface area contributed by atoms with Crippen LogP contribution in [0.25, 0.3) is 0 Å². The van der Waals surface area contributed by atoms with Crippen LogP contribution in [-0.4, -0.2) is 9.78 Å². The maximum Gasteiger partial charge on any atom is 0.0540 e. The van der Waals surface area contributed by atoms with Crippen molar-refractivity contribution in [1.29, 1.82) is 0 Å². The molecule has 0 fully saturated rings. The second-order valence-corrected chi connectivity index (χ2v) is 6.00. The minimum atomic E-state index is 0.418. The van der Waals surface area contributed by atoms with Gasteiger partial charge in [0.15, 0.2) is 0 Å². The number of rotatable bonds is 3. The summed E-state index contributed by atoms with van der Waals surface area (Å²) >= 11 is 1.82. The lowest BCUT2D eigenvalue weighted by atomic mass is 9.92. The molecule has 0 radical (unpaired) electrons. The number of thiophene rings is 1. The van der Waals surface area contributed by atoms with Gasteiger partial charge in [-0.2, -0.15) is 5.10 Å². The highest BCUT2D eigenvalue weighted by molar-refractivity contribution is 7.10. The summed E-state index contributed by atoms with van der Waals surface area (Å²) in [5.41, 5.74) is 2.80. The van der Waals surface area contributed by atoms with Crippen molar-refractivity contribution in [2.45, 2.75) is 38.3 Å². The molecule has 0 saturated heterocycles. The Bertz CT molecular complexity index is 515. The molecule has 96 valence electrons. The third-order valence-corrected chi connectivity index (χ3v) is 4.85. The number of aryl methyl sites for hydroxylation is 1. The summed E-state index contributed by atoms with van der Waals surface area (Å²) in [6.07, 6.45) is 5.67. The van der Waals surface area contributed by atoms with Gasteiger partial charge in [-0.25, -0.2) is 0 Å². The number of nitrogens with one attached hydrogen (secondary N) is 1. The summed E-state index contributed by atoms with van der Waals surface area (Å²) in [6, 6.07) is 5.20. The van der Waals surface area contributed by atoms with Gasteiger partial charge in [-0.3, -0.25) is 4.68 Å². The van der Waals surface area contributed by atoms with Crippen molar-refractivity contribution >= 4 is 11.3 Å². The van der Waals surface area contributed by atoms with Crippen LogP contribution >= 0.6 is 11.3 Å². The molecule has 0 bridgehead atoms. The Morgan fingerprint density at radius 3 is 3.22 bits per heavy atom. The van der Waals surface area contributed by atoms with Crippen molar-refractivity contribution in [1.82, 2.24) is 15.1 Å². The van der Waals surface area contributed by atoms with Gasteiger partial charge in [0.05, 0.1) is 6.20 Å². The van der Waals surface area contributed by atoms with E-state index in [-0.39, 0.29) is 0 Å². The van der Waals surface area contributed by atoms with Gasteiger partial charge in [0.25, 0.3) is 0 Å². The van der Waals surface area contributed by atoms with E-state index < -0.39 is 0 Å². The standard InChI is InChI=1S/C14H19N3S/c1-10(14-7-4-8-18-14)16-12-5-3-6-13-11(12)9-15-17(13)2/h4,7-10,12,16H,3,5-6H2,1-2H3/t10-,12?/m1/s1. The van der Waals surface area contributed by atoms with Crippen LogP contribution in [0.2, 0.25) is 0 Å². The highest BCUT2D eigenvalue weighted by Gasteiger charge is 2.24. The summed E-state index contributed by atoms with van der Waals surface area (Å²) in [5, 5.41) is 10.3. The van der Waals surface area contributed by atoms with Gasteiger partial charge in [0.1, 0.15) is 0 Å². The number of fused-ring (bicyclic) bond motifs is 1. The molecule has 2 aromatic rings. The van der Waals surface area contributed by atoms with Gasteiger partial charge in [0.2, 0.25) is 0 Å². The smallest absolute Gasteiger partial charge is 0.0540 e. The maximum atomic E-state index is 4.40. The van der Waals surface area contributed by atoms with E-state index in [1.54, 1.807) is 0 Å². The molecule has 2 aromatic heterocycles. The predicted molar refractivity (Wildman–Crippen MR) is 74.8 cm³/mol. The maximum absolute atomic E-state index is 4.40. The Hall–Kier alpha value is -1.13. The van der Waals surface area contributed by atoms with E-state index in [1.807, 2.05) is 29.3 Å². The average molecular weight is 261 g/mol. The molecular formula is C14H19N3S. The predicted octanol–water partition coefficient (Wildman–Crippen LogP) is 3.21. The molecule has 0 aliphatic heterocycles. The molecule has 0 amide bonds. The highest BCUT2D eigenvalue weighted by Crippen LogP contribution is 2.31. The minimum absolute atomic E-state index is 0.418. The van der Waals surface area contributed by atoms with E-state index in [0.29, 0.717) is 12.1 Å². The molecule has 4 heteroatoms. The zero-order chi connectivity index (χ0) is 12.5. The molecule has 3 nitrogen and oxygen atoms in total. The zero-order valence-electron chi connectivity index (χ0n) is 10.9. The second-order valence-electron chi connectivity index (χ2n) is 5.02. The number of hydrogen-bond acceptors (Lipinski definition) is 3. The first kappa shape index (κ1) is 11.9. The fourth-order valence-corrected chi connectivity index (χ4v) is 3.54. The van der Waals surface area contributed by atoms with Crippen molar-refractivity contribution in [2.24, 2.45) is 7.05 Å². The van der Waals surface area contributed by atoms with E-state index in [4.69, 9.17) is 0 Å². The number of nitrogens with zero attached hydrogens (tertiary/aromatic N) is 2. The fraction of sp³-hybridized carbons (Fsp3) is 0.500. The topological polar surface area (TPSA) is 29.9 Å². The van der Waals surface area contributed by atoms with Crippen LogP contribution in [0.15, 0.2) is 23.7 Å². The molecule has 2 atom stereocenters. The number of hydrogen-bond donors (Lipinski definition) is 1. The van der Waals surface area contributed by atoms with Crippen LogP contribution in [0.1, 0.15) is 48.0 Å². The van der Waals surface area contributed by atoms with Crippen LogP contribution in [0, 0.1) is 0 Å². The van der Waals surface area contributed by atoms with Crippen LogP contribution in [0.5, 0.6) is 0 Å². The molecule has 0 aromatic carbocycles. The molecule has 1 aliphatic carbocycles. The molecule has 1 aliphatic rings. The second kappa shape index (κ2) is 4.86. The fourth-order valence-electron chi connectivity index (χ4n) is 2.80. The Morgan fingerprint density at radius 1 is 1.56 bits per heavy atom. The van der Waals surface area contributed by atoms with E-state index >= 15 is 0 Å².